The average Bonchev–Trinajstić information content (AvgIpc) is 2.44. The van der Waals surface area contributed by atoms with Crippen LogP contribution < -0.4 is 0 Å². The van der Waals surface area contributed by atoms with E-state index in [1.807, 2.05) is 0 Å². The molecule has 0 bridgehead atoms. The van der Waals surface area contributed by atoms with Gasteiger partial charge < -0.3 is 14.2 Å². The van der Waals surface area contributed by atoms with Crippen LogP contribution >= 0.6 is 0 Å². The Kier molecular flexibility index (Phi) is 7.70. The highest BCUT2D eigenvalue weighted by atomic mass is 16.5. The molecule has 0 radical (unpaired) electrons. The van der Waals surface area contributed by atoms with E-state index in [0.717, 1.165) is 0 Å². The maximum absolute atomic E-state index is 11.8. The molecule has 0 saturated heterocycles. The Morgan fingerprint density at radius 1 is 1.21 bits per heavy atom. The fourth-order valence-corrected chi connectivity index (χ4v) is 1.44. The van der Waals surface area contributed by atoms with Gasteiger partial charge in [0, 0.05) is 6.42 Å². The van der Waals surface area contributed by atoms with Crippen LogP contribution in [0.25, 0.3) is 0 Å². The summed E-state index contributed by atoms with van der Waals surface area (Å²) in [5, 5.41) is 0. The normalized spacial score (nSPS) is 9.58. The van der Waals surface area contributed by atoms with Crippen LogP contribution in [-0.2, 0) is 28.6 Å². The summed E-state index contributed by atoms with van der Waals surface area (Å²) in [6.45, 7) is 3.64. The standard InChI is InChI=1S/C13H16O6/c1-4-7-13(11(15)17-2,12(16)18-3)8-5-6-9-19-10-14/h4,10H,1,7-9H2,2-3H3. The first-order chi connectivity index (χ1) is 9.08. The van der Waals surface area contributed by atoms with Gasteiger partial charge in [0.25, 0.3) is 6.47 Å². The molecule has 0 aromatic rings. The van der Waals surface area contributed by atoms with E-state index in [4.69, 9.17) is 0 Å². The van der Waals surface area contributed by atoms with E-state index in [-0.39, 0.29) is 25.9 Å². The second-order valence-corrected chi connectivity index (χ2v) is 3.50. The monoisotopic (exact) mass is 268 g/mol. The van der Waals surface area contributed by atoms with E-state index in [2.05, 4.69) is 32.6 Å². The van der Waals surface area contributed by atoms with Gasteiger partial charge in [0.1, 0.15) is 0 Å². The number of rotatable bonds is 7. The van der Waals surface area contributed by atoms with Crippen molar-refractivity contribution in [2.45, 2.75) is 12.8 Å². The SMILES string of the molecule is C=CCC(CC#CCOC=O)(C(=O)OC)C(=O)OC. The first-order valence-corrected chi connectivity index (χ1v) is 5.37. The third-order valence-corrected chi connectivity index (χ3v) is 2.38. The number of allylic oxidation sites excluding steroid dienone is 1. The van der Waals surface area contributed by atoms with Crippen LogP contribution in [-0.4, -0.2) is 39.2 Å². The van der Waals surface area contributed by atoms with Gasteiger partial charge >= 0.3 is 11.9 Å². The molecule has 0 aliphatic rings. The lowest BCUT2D eigenvalue weighted by Gasteiger charge is -2.24. The molecule has 0 aromatic carbocycles. The quantitative estimate of drug-likeness (QED) is 0.127. The van der Waals surface area contributed by atoms with Gasteiger partial charge in [-0.3, -0.25) is 14.4 Å². The highest BCUT2D eigenvalue weighted by Crippen LogP contribution is 2.30. The highest BCUT2D eigenvalue weighted by molar-refractivity contribution is 6.00. The zero-order valence-corrected chi connectivity index (χ0v) is 10.9. The molecule has 0 atom stereocenters. The van der Waals surface area contributed by atoms with Crippen LogP contribution in [0.2, 0.25) is 0 Å². The van der Waals surface area contributed by atoms with E-state index >= 15 is 0 Å². The largest absolute Gasteiger partial charge is 0.468 e. The second kappa shape index (κ2) is 8.75. The molecule has 19 heavy (non-hydrogen) atoms. The van der Waals surface area contributed by atoms with Gasteiger partial charge in [0.2, 0.25) is 0 Å². The van der Waals surface area contributed by atoms with E-state index in [9.17, 15) is 14.4 Å². The molecule has 6 heteroatoms. The van der Waals surface area contributed by atoms with Gasteiger partial charge in [0.15, 0.2) is 12.0 Å². The third-order valence-electron chi connectivity index (χ3n) is 2.38. The molecule has 0 N–H and O–H groups in total. The first-order valence-electron chi connectivity index (χ1n) is 5.37. The van der Waals surface area contributed by atoms with Crippen LogP contribution in [0.3, 0.4) is 0 Å². The summed E-state index contributed by atoms with van der Waals surface area (Å²) in [7, 11) is 2.35. The van der Waals surface area contributed by atoms with E-state index in [1.54, 1.807) is 0 Å². The second-order valence-electron chi connectivity index (χ2n) is 3.50. The molecule has 0 spiro atoms. The van der Waals surface area contributed by atoms with Crippen molar-refractivity contribution in [3.8, 4) is 11.8 Å². The zero-order chi connectivity index (χ0) is 14.7. The molecule has 0 unspecified atom stereocenters. The smallest absolute Gasteiger partial charge is 0.324 e. The van der Waals surface area contributed by atoms with E-state index < -0.39 is 17.4 Å². The predicted octanol–water partition coefficient (Wildman–Crippen LogP) is 0.461. The van der Waals surface area contributed by atoms with Crippen molar-refractivity contribution in [3.05, 3.63) is 12.7 Å². The minimum Gasteiger partial charge on any atom is -0.468 e. The molecule has 0 fully saturated rings. The summed E-state index contributed by atoms with van der Waals surface area (Å²) in [5.41, 5.74) is -1.54. The summed E-state index contributed by atoms with van der Waals surface area (Å²) in [6.07, 6.45) is 1.34. The Morgan fingerprint density at radius 3 is 2.21 bits per heavy atom. The van der Waals surface area contributed by atoms with Crippen LogP contribution in [0.15, 0.2) is 12.7 Å². The summed E-state index contributed by atoms with van der Waals surface area (Å²) in [6, 6.07) is 0. The van der Waals surface area contributed by atoms with Crippen molar-refractivity contribution in [2.24, 2.45) is 5.41 Å². The van der Waals surface area contributed by atoms with Crippen LogP contribution in [0.1, 0.15) is 12.8 Å². The molecular formula is C13H16O6. The number of esters is 2. The Labute approximate surface area is 111 Å². The lowest BCUT2D eigenvalue weighted by atomic mass is 9.81. The number of hydrogen-bond donors (Lipinski definition) is 0. The average molecular weight is 268 g/mol. The van der Waals surface area contributed by atoms with Crippen LogP contribution in [0.5, 0.6) is 0 Å². The lowest BCUT2D eigenvalue weighted by Crippen LogP contribution is -2.40. The van der Waals surface area contributed by atoms with Crippen molar-refractivity contribution < 1.29 is 28.6 Å². The predicted molar refractivity (Wildman–Crippen MR) is 65.7 cm³/mol. The number of hydrogen-bond acceptors (Lipinski definition) is 6. The summed E-state index contributed by atoms with van der Waals surface area (Å²) >= 11 is 0. The molecule has 0 amide bonds. The Hall–Kier alpha value is -2.29. The number of carbonyl (C=O) groups is 3. The maximum Gasteiger partial charge on any atom is 0.324 e. The Bertz CT molecular complexity index is 385. The zero-order valence-electron chi connectivity index (χ0n) is 10.9. The molecule has 0 rings (SSSR count). The number of carbonyl (C=O) groups excluding carboxylic acids is 3. The summed E-state index contributed by atoms with van der Waals surface area (Å²) < 4.78 is 13.6. The van der Waals surface area contributed by atoms with Crippen molar-refractivity contribution in [2.75, 3.05) is 20.8 Å². The molecule has 6 nitrogen and oxygen atoms in total. The van der Waals surface area contributed by atoms with Crippen molar-refractivity contribution in [1.29, 1.82) is 0 Å². The van der Waals surface area contributed by atoms with Gasteiger partial charge in [-0.25, -0.2) is 0 Å². The summed E-state index contributed by atoms with van der Waals surface area (Å²) in [5.74, 6) is 3.61. The molecule has 0 aliphatic heterocycles. The van der Waals surface area contributed by atoms with Crippen LogP contribution in [0.4, 0.5) is 0 Å². The molecule has 0 aliphatic carbocycles. The van der Waals surface area contributed by atoms with E-state index in [1.165, 1.54) is 20.3 Å². The molecular weight excluding hydrogens is 252 g/mol. The van der Waals surface area contributed by atoms with Crippen LogP contribution in [0, 0.1) is 17.3 Å². The molecule has 0 heterocycles. The fourth-order valence-electron chi connectivity index (χ4n) is 1.44. The Morgan fingerprint density at radius 2 is 1.79 bits per heavy atom. The van der Waals surface area contributed by atoms with Gasteiger partial charge in [-0.05, 0) is 6.42 Å². The minimum atomic E-state index is -1.54. The van der Waals surface area contributed by atoms with Gasteiger partial charge in [-0.15, -0.1) is 6.58 Å². The minimum absolute atomic E-state index is 0.0373. The molecule has 0 aromatic heterocycles. The first kappa shape index (κ1) is 16.7. The topological polar surface area (TPSA) is 78.9 Å². The number of ether oxygens (including phenoxy) is 3. The van der Waals surface area contributed by atoms with Gasteiger partial charge in [-0.1, -0.05) is 17.9 Å². The van der Waals surface area contributed by atoms with Crippen molar-refractivity contribution in [1.82, 2.24) is 0 Å². The van der Waals surface area contributed by atoms with E-state index in [0.29, 0.717) is 0 Å². The lowest BCUT2D eigenvalue weighted by molar-refractivity contribution is -0.168. The summed E-state index contributed by atoms with van der Waals surface area (Å²) in [4.78, 5) is 33.6. The fraction of sp³-hybridized carbons (Fsp3) is 0.462. The third kappa shape index (κ3) is 4.47. The van der Waals surface area contributed by atoms with Crippen molar-refractivity contribution in [3.63, 3.8) is 0 Å². The highest BCUT2D eigenvalue weighted by Gasteiger charge is 2.46. The molecule has 0 saturated carbocycles. The Balaban J connectivity index is 5.14. The maximum atomic E-state index is 11.8. The number of methoxy groups -OCH3 is 2. The van der Waals surface area contributed by atoms with Gasteiger partial charge in [0.05, 0.1) is 14.2 Å². The molecule has 104 valence electrons. The van der Waals surface area contributed by atoms with Crippen molar-refractivity contribution >= 4 is 18.4 Å². The van der Waals surface area contributed by atoms with Gasteiger partial charge in [-0.2, -0.15) is 0 Å².